The minimum absolute atomic E-state index is 0.0856. The van der Waals surface area contributed by atoms with Crippen LogP contribution in [-0.2, 0) is 0 Å². The smallest absolute Gasteiger partial charge is 0.263 e. The number of hydroxylamine groups is 1. The Morgan fingerprint density at radius 2 is 2.11 bits per heavy atom. The average Bonchev–Trinajstić information content (AvgIpc) is 1.84. The Labute approximate surface area is 52.1 Å². The van der Waals surface area contributed by atoms with E-state index in [1.54, 1.807) is 5.48 Å². The first-order valence-corrected chi connectivity index (χ1v) is 2.31. The van der Waals surface area contributed by atoms with Crippen LogP contribution in [0.3, 0.4) is 0 Å². The Hall–Kier alpha value is -1.10. The maximum absolute atomic E-state index is 9.90. The lowest BCUT2D eigenvalue weighted by Crippen LogP contribution is -2.09. The zero-order chi connectivity index (χ0) is 7.44. The highest BCUT2D eigenvalue weighted by atomic mass is 16.6. The molecule has 0 amide bonds. The van der Waals surface area contributed by atoms with Gasteiger partial charge in [0, 0.05) is 6.92 Å². The molecule has 0 heterocycles. The van der Waals surface area contributed by atoms with Crippen LogP contribution in [0.4, 0.5) is 0 Å². The van der Waals surface area contributed by atoms with E-state index < -0.39 is 4.92 Å². The van der Waals surface area contributed by atoms with E-state index in [-0.39, 0.29) is 11.4 Å². The monoisotopic (exact) mass is 132 g/mol. The third-order valence-corrected chi connectivity index (χ3v) is 0.984. The number of hydrogen-bond donors (Lipinski definition) is 2. The Bertz CT molecular complexity index is 152. The topological polar surface area (TPSA) is 75.4 Å². The number of nitrogens with one attached hydrogen (secondary N) is 1. The first-order chi connectivity index (χ1) is 4.09. The molecule has 0 aromatic rings. The van der Waals surface area contributed by atoms with E-state index in [1.807, 2.05) is 0 Å². The van der Waals surface area contributed by atoms with Gasteiger partial charge in [0.1, 0.15) is 5.70 Å². The van der Waals surface area contributed by atoms with Crippen molar-refractivity contribution in [1.29, 1.82) is 0 Å². The van der Waals surface area contributed by atoms with E-state index in [0.29, 0.717) is 0 Å². The molecule has 2 N–H and O–H groups in total. The number of hydrogen-bond acceptors (Lipinski definition) is 4. The zero-order valence-electron chi connectivity index (χ0n) is 5.21. The van der Waals surface area contributed by atoms with Gasteiger partial charge in [0.05, 0.1) is 4.92 Å². The maximum atomic E-state index is 9.90. The number of rotatable bonds is 2. The lowest BCUT2D eigenvalue weighted by molar-refractivity contribution is -0.426. The van der Waals surface area contributed by atoms with Crippen LogP contribution >= 0.6 is 0 Å². The van der Waals surface area contributed by atoms with Crippen molar-refractivity contribution >= 4 is 0 Å². The molecule has 0 aromatic carbocycles. The summed E-state index contributed by atoms with van der Waals surface area (Å²) in [5, 5.41) is 18.0. The second kappa shape index (κ2) is 3.03. The van der Waals surface area contributed by atoms with Gasteiger partial charge in [0.25, 0.3) is 5.70 Å². The van der Waals surface area contributed by atoms with E-state index in [4.69, 9.17) is 5.21 Å². The third kappa shape index (κ3) is 2.09. The second-order valence-electron chi connectivity index (χ2n) is 1.58. The quantitative estimate of drug-likeness (QED) is 0.423. The van der Waals surface area contributed by atoms with Gasteiger partial charge in [-0.15, -0.1) is 0 Å². The summed E-state index contributed by atoms with van der Waals surface area (Å²) in [4.78, 5) is 9.33. The van der Waals surface area contributed by atoms with Crippen LogP contribution in [-0.4, -0.2) is 10.1 Å². The molecule has 0 aliphatic heterocycles. The number of nitro groups is 1. The predicted octanol–water partition coefficient (Wildman–Crippen LogP) is 0.493. The van der Waals surface area contributed by atoms with E-state index >= 15 is 0 Å². The lowest BCUT2D eigenvalue weighted by atomic mass is 10.4. The fourth-order valence-electron chi connectivity index (χ4n) is 0.218. The molecule has 0 radical (unpaired) electrons. The van der Waals surface area contributed by atoms with Crippen molar-refractivity contribution in [2.75, 3.05) is 0 Å². The molecular weight excluding hydrogens is 124 g/mol. The van der Waals surface area contributed by atoms with E-state index in [9.17, 15) is 10.1 Å². The minimum atomic E-state index is -0.571. The van der Waals surface area contributed by atoms with E-state index in [1.165, 1.54) is 13.8 Å². The van der Waals surface area contributed by atoms with Crippen LogP contribution in [0.5, 0.6) is 0 Å². The molecule has 0 aromatic heterocycles. The van der Waals surface area contributed by atoms with Crippen molar-refractivity contribution in [2.24, 2.45) is 0 Å². The van der Waals surface area contributed by atoms with Gasteiger partial charge in [0.2, 0.25) is 0 Å². The number of nitrogens with zero attached hydrogens (tertiary/aromatic N) is 1. The van der Waals surface area contributed by atoms with Crippen molar-refractivity contribution in [3.63, 3.8) is 0 Å². The summed E-state index contributed by atoms with van der Waals surface area (Å²) in [6, 6.07) is 0. The second-order valence-corrected chi connectivity index (χ2v) is 1.58. The highest BCUT2D eigenvalue weighted by Crippen LogP contribution is 1.97. The summed E-state index contributed by atoms with van der Waals surface area (Å²) in [7, 11) is 0. The SMILES string of the molecule is C/C(NO)=C(/C)[N+](=O)[O-]. The van der Waals surface area contributed by atoms with Crippen molar-refractivity contribution in [1.82, 2.24) is 5.48 Å². The molecule has 0 aliphatic carbocycles. The highest BCUT2D eigenvalue weighted by molar-refractivity contribution is 4.96. The van der Waals surface area contributed by atoms with Crippen molar-refractivity contribution in [3.8, 4) is 0 Å². The van der Waals surface area contributed by atoms with Crippen molar-refractivity contribution in [3.05, 3.63) is 21.5 Å². The van der Waals surface area contributed by atoms with Crippen LogP contribution in [0.2, 0.25) is 0 Å². The van der Waals surface area contributed by atoms with Crippen LogP contribution in [0, 0.1) is 10.1 Å². The lowest BCUT2D eigenvalue weighted by Gasteiger charge is -1.95. The van der Waals surface area contributed by atoms with E-state index in [2.05, 4.69) is 0 Å². The molecule has 0 rings (SSSR count). The molecule has 52 valence electrons. The van der Waals surface area contributed by atoms with Gasteiger partial charge in [-0.3, -0.25) is 20.8 Å². The zero-order valence-corrected chi connectivity index (χ0v) is 5.21. The molecule has 5 nitrogen and oxygen atoms in total. The number of allylic oxidation sites excluding steroid dienone is 2. The van der Waals surface area contributed by atoms with Gasteiger partial charge in [-0.05, 0) is 6.92 Å². The van der Waals surface area contributed by atoms with Crippen LogP contribution < -0.4 is 5.48 Å². The summed E-state index contributed by atoms with van der Waals surface area (Å²) < 4.78 is 0. The van der Waals surface area contributed by atoms with Crippen LogP contribution in [0.25, 0.3) is 0 Å². The summed E-state index contributed by atoms with van der Waals surface area (Å²) >= 11 is 0. The summed E-state index contributed by atoms with van der Waals surface area (Å²) in [5.74, 6) is 0. The van der Waals surface area contributed by atoms with E-state index in [0.717, 1.165) is 0 Å². The largest absolute Gasteiger partial charge is 0.291 e. The summed E-state index contributed by atoms with van der Waals surface area (Å²) in [6.45, 7) is 2.72. The van der Waals surface area contributed by atoms with Gasteiger partial charge in [-0.1, -0.05) is 0 Å². The summed E-state index contributed by atoms with van der Waals surface area (Å²) in [5.41, 5.74) is 1.75. The van der Waals surface area contributed by atoms with Gasteiger partial charge in [-0.25, -0.2) is 0 Å². The van der Waals surface area contributed by atoms with Gasteiger partial charge < -0.3 is 0 Å². The fraction of sp³-hybridized carbons (Fsp3) is 0.500. The molecule has 0 bridgehead atoms. The molecule has 9 heavy (non-hydrogen) atoms. The van der Waals surface area contributed by atoms with Crippen LogP contribution in [0.15, 0.2) is 11.4 Å². The molecule has 0 saturated carbocycles. The van der Waals surface area contributed by atoms with Gasteiger partial charge in [-0.2, -0.15) is 0 Å². The molecule has 0 saturated heterocycles. The normalized spacial score (nSPS) is 12.3. The molecule has 0 atom stereocenters. The van der Waals surface area contributed by atoms with Crippen molar-refractivity contribution in [2.45, 2.75) is 13.8 Å². The van der Waals surface area contributed by atoms with Crippen molar-refractivity contribution < 1.29 is 10.1 Å². The predicted molar refractivity (Wildman–Crippen MR) is 30.3 cm³/mol. The Morgan fingerprint density at radius 3 is 2.22 bits per heavy atom. The van der Waals surface area contributed by atoms with Gasteiger partial charge >= 0.3 is 0 Å². The Morgan fingerprint density at radius 1 is 1.67 bits per heavy atom. The standard InChI is InChI=1S/C4H8N2O3/c1-3(5-7)4(2)6(8)9/h5,7H,1-2H3/b4-3+. The molecular formula is C4H8N2O3. The first-order valence-electron chi connectivity index (χ1n) is 2.31. The minimum Gasteiger partial charge on any atom is -0.291 e. The van der Waals surface area contributed by atoms with Crippen LogP contribution in [0.1, 0.15) is 13.8 Å². The summed E-state index contributed by atoms with van der Waals surface area (Å²) in [6.07, 6.45) is 0. The molecule has 0 fully saturated rings. The fourth-order valence-corrected chi connectivity index (χ4v) is 0.218. The Kier molecular flexibility index (Phi) is 2.66. The Balaban J connectivity index is 4.28. The average molecular weight is 132 g/mol. The molecule has 0 unspecified atom stereocenters. The van der Waals surface area contributed by atoms with Gasteiger partial charge in [0.15, 0.2) is 0 Å². The molecule has 0 aliphatic rings. The highest BCUT2D eigenvalue weighted by Gasteiger charge is 2.05. The third-order valence-electron chi connectivity index (χ3n) is 0.984. The maximum Gasteiger partial charge on any atom is 0.263 e. The molecule has 0 spiro atoms. The first kappa shape index (κ1) is 7.90. The molecule has 5 heteroatoms.